The Labute approximate surface area is 158 Å². The summed E-state index contributed by atoms with van der Waals surface area (Å²) in [6.07, 6.45) is 3.42. The van der Waals surface area contributed by atoms with Gasteiger partial charge >= 0.3 is 0 Å². The molecule has 2 aromatic carbocycles. The van der Waals surface area contributed by atoms with Crippen LogP contribution in [0, 0.1) is 0 Å². The number of aromatic nitrogens is 1. The molecule has 3 aromatic rings. The van der Waals surface area contributed by atoms with Crippen LogP contribution in [0.5, 0.6) is 0 Å². The van der Waals surface area contributed by atoms with Gasteiger partial charge in [-0.1, -0.05) is 41.9 Å². The maximum Gasteiger partial charge on any atom is 0.182 e. The Morgan fingerprint density at radius 2 is 1.96 bits per heavy atom. The van der Waals surface area contributed by atoms with Crippen molar-refractivity contribution in [2.24, 2.45) is 0 Å². The number of halogens is 1. The number of ketones is 1. The normalized spacial score (nSPS) is 21.9. The lowest BCUT2D eigenvalue weighted by atomic mass is 9.97. The zero-order valence-corrected chi connectivity index (χ0v) is 15.5. The minimum Gasteiger partial charge on any atom is -0.336 e. The molecule has 0 N–H and O–H groups in total. The van der Waals surface area contributed by atoms with E-state index in [-0.39, 0.29) is 5.78 Å². The monoisotopic (exact) mass is 364 g/mol. The van der Waals surface area contributed by atoms with E-state index < -0.39 is 0 Å². The van der Waals surface area contributed by atoms with Crippen LogP contribution in [0.15, 0.2) is 48.5 Å². The van der Waals surface area contributed by atoms with Crippen molar-refractivity contribution >= 4 is 28.3 Å². The summed E-state index contributed by atoms with van der Waals surface area (Å²) in [5.41, 5.74) is 4.62. The van der Waals surface area contributed by atoms with Gasteiger partial charge in [-0.2, -0.15) is 0 Å². The van der Waals surface area contributed by atoms with E-state index in [1.165, 1.54) is 29.5 Å². The van der Waals surface area contributed by atoms with Crippen LogP contribution < -0.4 is 0 Å². The summed E-state index contributed by atoms with van der Waals surface area (Å²) in [6, 6.07) is 16.7. The SMILES string of the molecule is CN1C2CCC1c1c(n(CC(=O)c3ccccc3)c3ccc(Cl)cc13)C2. The second-order valence-electron chi connectivity index (χ2n) is 7.51. The van der Waals surface area contributed by atoms with E-state index in [0.717, 1.165) is 22.5 Å². The van der Waals surface area contributed by atoms with Gasteiger partial charge in [-0.3, -0.25) is 9.69 Å². The molecule has 26 heavy (non-hydrogen) atoms. The second kappa shape index (κ2) is 5.97. The highest BCUT2D eigenvalue weighted by atomic mass is 35.5. The van der Waals surface area contributed by atoms with Crippen LogP contribution >= 0.6 is 11.6 Å². The number of likely N-dealkylation sites (N-methyl/N-ethyl adjacent to an activating group) is 1. The van der Waals surface area contributed by atoms with Gasteiger partial charge in [0.1, 0.15) is 0 Å². The van der Waals surface area contributed by atoms with Crippen molar-refractivity contribution in [2.45, 2.75) is 37.9 Å². The smallest absolute Gasteiger partial charge is 0.182 e. The molecule has 1 aromatic heterocycles. The first-order valence-corrected chi connectivity index (χ1v) is 9.62. The average molecular weight is 365 g/mol. The zero-order chi connectivity index (χ0) is 17.8. The lowest BCUT2D eigenvalue weighted by Crippen LogP contribution is -2.35. The van der Waals surface area contributed by atoms with E-state index in [1.807, 2.05) is 36.4 Å². The van der Waals surface area contributed by atoms with Gasteiger partial charge in [0.05, 0.1) is 6.54 Å². The molecule has 5 rings (SSSR count). The average Bonchev–Trinajstić information content (AvgIpc) is 3.06. The van der Waals surface area contributed by atoms with Gasteiger partial charge in [0, 0.05) is 45.7 Å². The Balaban J connectivity index is 1.67. The summed E-state index contributed by atoms with van der Waals surface area (Å²) in [6.45, 7) is 0.390. The molecule has 2 aliphatic heterocycles. The van der Waals surface area contributed by atoms with E-state index in [1.54, 1.807) is 0 Å². The Bertz CT molecular complexity index is 1010. The van der Waals surface area contributed by atoms with Gasteiger partial charge in [0.2, 0.25) is 0 Å². The summed E-state index contributed by atoms with van der Waals surface area (Å²) in [7, 11) is 2.23. The highest BCUT2D eigenvalue weighted by molar-refractivity contribution is 6.31. The first kappa shape index (κ1) is 16.1. The zero-order valence-electron chi connectivity index (χ0n) is 14.8. The number of fused-ring (bicyclic) bond motifs is 6. The van der Waals surface area contributed by atoms with Gasteiger partial charge in [-0.15, -0.1) is 0 Å². The quantitative estimate of drug-likeness (QED) is 0.619. The molecule has 3 nitrogen and oxygen atoms in total. The van der Waals surface area contributed by atoms with Crippen LogP contribution in [0.25, 0.3) is 10.9 Å². The van der Waals surface area contributed by atoms with E-state index in [2.05, 4.69) is 28.6 Å². The van der Waals surface area contributed by atoms with E-state index in [4.69, 9.17) is 11.6 Å². The maximum atomic E-state index is 12.9. The Morgan fingerprint density at radius 1 is 1.15 bits per heavy atom. The van der Waals surface area contributed by atoms with Crippen LogP contribution in [0.2, 0.25) is 5.02 Å². The third-order valence-corrected chi connectivity index (χ3v) is 6.41. The topological polar surface area (TPSA) is 25.2 Å². The largest absolute Gasteiger partial charge is 0.336 e. The molecule has 2 unspecified atom stereocenters. The number of benzene rings is 2. The van der Waals surface area contributed by atoms with Gasteiger partial charge in [-0.05, 0) is 43.7 Å². The molecule has 1 saturated heterocycles. The number of hydrogen-bond acceptors (Lipinski definition) is 2. The molecule has 3 heterocycles. The number of nitrogens with zero attached hydrogens (tertiary/aromatic N) is 2. The number of Topliss-reactive ketones (excluding diaryl/α,β-unsaturated/α-hetero) is 1. The van der Waals surface area contributed by atoms with Crippen LogP contribution in [0.4, 0.5) is 0 Å². The maximum absolute atomic E-state index is 12.9. The molecule has 0 aliphatic carbocycles. The van der Waals surface area contributed by atoms with Crippen molar-refractivity contribution < 1.29 is 4.79 Å². The van der Waals surface area contributed by atoms with Crippen LogP contribution in [0.1, 0.15) is 40.5 Å². The predicted octanol–water partition coefficient (Wildman–Crippen LogP) is 4.87. The number of hydrogen-bond donors (Lipinski definition) is 0. The molecule has 2 atom stereocenters. The molecule has 1 fully saturated rings. The molecule has 132 valence electrons. The van der Waals surface area contributed by atoms with E-state index in [9.17, 15) is 4.79 Å². The number of carbonyl (C=O) groups excluding carboxylic acids is 1. The van der Waals surface area contributed by atoms with Crippen LogP contribution in [0.3, 0.4) is 0 Å². The summed E-state index contributed by atoms with van der Waals surface area (Å²) >= 11 is 6.32. The summed E-state index contributed by atoms with van der Waals surface area (Å²) in [5.74, 6) is 0.159. The highest BCUT2D eigenvalue weighted by Gasteiger charge is 2.40. The standard InChI is InChI=1S/C22H21ClN2O/c1-24-16-8-10-19(24)22-17-11-15(23)7-9-18(17)25(20(22)12-16)13-21(26)14-5-3-2-4-6-14/h2-7,9,11,16,19H,8,10,12-13H2,1H3. The van der Waals surface area contributed by atoms with Crippen molar-refractivity contribution in [1.29, 1.82) is 0 Å². The summed E-state index contributed by atoms with van der Waals surface area (Å²) in [4.78, 5) is 15.4. The van der Waals surface area contributed by atoms with Gasteiger partial charge in [0.15, 0.2) is 5.78 Å². The molecular formula is C22H21ClN2O. The molecular weight excluding hydrogens is 344 g/mol. The molecule has 0 saturated carbocycles. The van der Waals surface area contributed by atoms with Crippen molar-refractivity contribution in [3.63, 3.8) is 0 Å². The third kappa shape index (κ3) is 2.34. The van der Waals surface area contributed by atoms with Crippen molar-refractivity contribution in [3.8, 4) is 0 Å². The first-order valence-electron chi connectivity index (χ1n) is 9.24. The minimum atomic E-state index is 0.159. The van der Waals surface area contributed by atoms with Crippen molar-refractivity contribution in [1.82, 2.24) is 9.47 Å². The Hall–Kier alpha value is -2.10. The lowest BCUT2D eigenvalue weighted by Gasteiger charge is -2.32. The molecule has 2 aliphatic rings. The fourth-order valence-electron chi connectivity index (χ4n) is 4.87. The summed E-state index contributed by atoms with van der Waals surface area (Å²) in [5, 5.41) is 1.97. The van der Waals surface area contributed by atoms with Crippen molar-refractivity contribution in [2.75, 3.05) is 7.05 Å². The van der Waals surface area contributed by atoms with Gasteiger partial charge in [0.25, 0.3) is 0 Å². The van der Waals surface area contributed by atoms with Gasteiger partial charge in [-0.25, -0.2) is 0 Å². The van der Waals surface area contributed by atoms with E-state index in [0.29, 0.717) is 18.6 Å². The highest BCUT2D eigenvalue weighted by Crippen LogP contribution is 2.47. The fourth-order valence-corrected chi connectivity index (χ4v) is 5.04. The van der Waals surface area contributed by atoms with Gasteiger partial charge < -0.3 is 4.57 Å². The molecule has 0 amide bonds. The number of rotatable bonds is 3. The van der Waals surface area contributed by atoms with Crippen molar-refractivity contribution in [3.05, 3.63) is 70.4 Å². The fraction of sp³-hybridized carbons (Fsp3) is 0.318. The van der Waals surface area contributed by atoms with Crippen LogP contribution in [-0.2, 0) is 13.0 Å². The molecule has 2 bridgehead atoms. The van der Waals surface area contributed by atoms with E-state index >= 15 is 0 Å². The predicted molar refractivity (Wildman–Crippen MR) is 105 cm³/mol. The Morgan fingerprint density at radius 3 is 2.77 bits per heavy atom. The molecule has 0 radical (unpaired) electrons. The lowest BCUT2D eigenvalue weighted by molar-refractivity contribution is 0.0971. The second-order valence-corrected chi connectivity index (χ2v) is 7.95. The van der Waals surface area contributed by atoms with Crippen LogP contribution in [-0.4, -0.2) is 28.3 Å². The first-order chi connectivity index (χ1) is 12.6. The minimum absolute atomic E-state index is 0.159. The Kier molecular flexibility index (Phi) is 3.70. The summed E-state index contributed by atoms with van der Waals surface area (Å²) < 4.78 is 2.24. The number of carbonyl (C=O) groups is 1. The molecule has 4 heteroatoms. The third-order valence-electron chi connectivity index (χ3n) is 6.18. The molecule has 0 spiro atoms.